The zero-order chi connectivity index (χ0) is 31.0. The van der Waals surface area contributed by atoms with Crippen molar-refractivity contribution in [3.63, 3.8) is 0 Å². The lowest BCUT2D eigenvalue weighted by Crippen LogP contribution is -2.54. The first kappa shape index (κ1) is 29.8. The van der Waals surface area contributed by atoms with E-state index in [1.54, 1.807) is 24.3 Å². The van der Waals surface area contributed by atoms with Gasteiger partial charge in [-0.3, -0.25) is 19.3 Å². The minimum absolute atomic E-state index is 0.0340. The Morgan fingerprint density at radius 2 is 1.68 bits per heavy atom. The first-order valence-electron chi connectivity index (χ1n) is 15.6. The number of benzene rings is 2. The zero-order valence-corrected chi connectivity index (χ0v) is 26.1. The summed E-state index contributed by atoms with van der Waals surface area (Å²) in [6, 6.07) is 15.5. The second-order valence-corrected chi connectivity index (χ2v) is 12.4. The number of aromatic amines is 1. The molecule has 1 atom stereocenters. The van der Waals surface area contributed by atoms with Crippen LogP contribution in [0.25, 0.3) is 11.6 Å². The van der Waals surface area contributed by atoms with Crippen LogP contribution in [0.4, 0.5) is 5.69 Å². The fourth-order valence-corrected chi connectivity index (χ4v) is 6.77. The van der Waals surface area contributed by atoms with Gasteiger partial charge < -0.3 is 25.4 Å². The van der Waals surface area contributed by atoms with Gasteiger partial charge in [-0.25, -0.2) is 0 Å². The van der Waals surface area contributed by atoms with E-state index in [4.69, 9.17) is 0 Å². The lowest BCUT2D eigenvalue weighted by molar-refractivity contribution is -0.110. The van der Waals surface area contributed by atoms with E-state index in [1.807, 2.05) is 56.0 Å². The fourth-order valence-electron chi connectivity index (χ4n) is 6.77. The lowest BCUT2D eigenvalue weighted by atomic mass is 10.0. The lowest BCUT2D eigenvalue weighted by Gasteiger charge is -2.42. The standard InChI is InChI=1S/C35H42N6O3/c1-22-31(36-24(3)32(22)35(44)41-18-16-40(17-19-41)27-12-14-39(4)15-13-27)21-29-28-20-26(10-11-30(28)38-34(29)43)33(42)37-23(2)25-8-6-5-7-9-25/h5-11,20-21,23,27,36H,12-19H2,1-4H3,(H,37,42)(H,38,43)/t23-/m0/s1. The molecule has 44 heavy (non-hydrogen) atoms. The number of aryl methyl sites for hydroxylation is 1. The third kappa shape index (κ3) is 5.94. The van der Waals surface area contributed by atoms with Crippen LogP contribution in [0.5, 0.6) is 0 Å². The summed E-state index contributed by atoms with van der Waals surface area (Å²) in [5.74, 6) is -0.412. The van der Waals surface area contributed by atoms with Crippen molar-refractivity contribution in [1.29, 1.82) is 0 Å². The van der Waals surface area contributed by atoms with E-state index in [9.17, 15) is 14.4 Å². The molecule has 0 bridgehead atoms. The summed E-state index contributed by atoms with van der Waals surface area (Å²) >= 11 is 0. The number of aromatic nitrogens is 1. The molecule has 1 aromatic heterocycles. The van der Waals surface area contributed by atoms with Gasteiger partial charge in [-0.05, 0) is 89.2 Å². The van der Waals surface area contributed by atoms with Crippen molar-refractivity contribution in [2.75, 3.05) is 51.6 Å². The summed E-state index contributed by atoms with van der Waals surface area (Å²) in [4.78, 5) is 50.2. The smallest absolute Gasteiger partial charge is 0.256 e. The van der Waals surface area contributed by atoms with Crippen LogP contribution in [0.15, 0.2) is 48.5 Å². The predicted molar refractivity (Wildman–Crippen MR) is 174 cm³/mol. The maximum Gasteiger partial charge on any atom is 0.256 e. The van der Waals surface area contributed by atoms with Crippen LogP contribution < -0.4 is 10.6 Å². The van der Waals surface area contributed by atoms with E-state index in [0.717, 1.165) is 61.8 Å². The summed E-state index contributed by atoms with van der Waals surface area (Å²) in [6.45, 7) is 11.3. The quantitative estimate of drug-likeness (QED) is 0.366. The van der Waals surface area contributed by atoms with Gasteiger partial charge in [0.1, 0.15) is 0 Å². The number of H-pyrrole nitrogens is 1. The predicted octanol–water partition coefficient (Wildman–Crippen LogP) is 4.47. The minimum Gasteiger partial charge on any atom is -0.358 e. The van der Waals surface area contributed by atoms with Crippen molar-refractivity contribution < 1.29 is 14.4 Å². The Morgan fingerprint density at radius 1 is 0.977 bits per heavy atom. The molecular weight excluding hydrogens is 552 g/mol. The number of hydrogen-bond acceptors (Lipinski definition) is 5. The number of nitrogens with one attached hydrogen (secondary N) is 3. The molecule has 3 amide bonds. The molecule has 2 fully saturated rings. The third-order valence-electron chi connectivity index (χ3n) is 9.50. The first-order chi connectivity index (χ1) is 21.2. The van der Waals surface area contributed by atoms with Crippen LogP contribution >= 0.6 is 0 Å². The molecule has 2 saturated heterocycles. The molecule has 0 saturated carbocycles. The average Bonchev–Trinajstić information content (AvgIpc) is 3.50. The van der Waals surface area contributed by atoms with Gasteiger partial charge in [-0.1, -0.05) is 30.3 Å². The molecule has 3 N–H and O–H groups in total. The molecule has 0 spiro atoms. The number of piperazine rings is 1. The highest BCUT2D eigenvalue weighted by atomic mass is 16.2. The third-order valence-corrected chi connectivity index (χ3v) is 9.50. The van der Waals surface area contributed by atoms with Crippen molar-refractivity contribution in [2.24, 2.45) is 0 Å². The van der Waals surface area contributed by atoms with Gasteiger partial charge in [-0.2, -0.15) is 0 Å². The number of anilines is 1. The Balaban J connectivity index is 1.18. The van der Waals surface area contributed by atoms with Crippen molar-refractivity contribution in [3.05, 3.63) is 87.7 Å². The van der Waals surface area contributed by atoms with Crippen molar-refractivity contribution in [1.82, 2.24) is 25.0 Å². The summed E-state index contributed by atoms with van der Waals surface area (Å²) in [5, 5.41) is 5.96. The largest absolute Gasteiger partial charge is 0.358 e. The second kappa shape index (κ2) is 12.4. The number of hydrogen-bond donors (Lipinski definition) is 3. The highest BCUT2D eigenvalue weighted by molar-refractivity contribution is 6.35. The Morgan fingerprint density at radius 3 is 2.39 bits per heavy atom. The van der Waals surface area contributed by atoms with Crippen molar-refractivity contribution in [2.45, 2.75) is 45.7 Å². The van der Waals surface area contributed by atoms with E-state index < -0.39 is 0 Å². The van der Waals surface area contributed by atoms with Crippen LogP contribution in [-0.4, -0.2) is 89.8 Å². The van der Waals surface area contributed by atoms with E-state index >= 15 is 0 Å². The summed E-state index contributed by atoms with van der Waals surface area (Å²) < 4.78 is 0. The fraction of sp³-hybridized carbons (Fsp3) is 0.400. The highest BCUT2D eigenvalue weighted by Gasteiger charge is 2.31. The van der Waals surface area contributed by atoms with E-state index in [0.29, 0.717) is 34.0 Å². The Hall–Kier alpha value is -4.21. The molecule has 6 rings (SSSR count). The number of likely N-dealkylation sites (tertiary alicyclic amines) is 1. The van der Waals surface area contributed by atoms with Gasteiger partial charge >= 0.3 is 0 Å². The monoisotopic (exact) mass is 594 g/mol. The van der Waals surface area contributed by atoms with E-state index in [2.05, 4.69) is 32.5 Å². The second-order valence-electron chi connectivity index (χ2n) is 12.4. The normalized spacial score (nSPS) is 19.6. The number of carbonyl (C=O) groups is 3. The van der Waals surface area contributed by atoms with Crippen molar-refractivity contribution >= 4 is 35.1 Å². The Labute approximate surface area is 259 Å². The minimum atomic E-state index is -0.236. The molecule has 3 aliphatic heterocycles. The summed E-state index contributed by atoms with van der Waals surface area (Å²) in [6.07, 6.45) is 4.18. The van der Waals surface area contributed by atoms with Crippen LogP contribution in [0.2, 0.25) is 0 Å². The van der Waals surface area contributed by atoms with Gasteiger partial charge in [0.05, 0.1) is 17.2 Å². The molecule has 4 heterocycles. The van der Waals surface area contributed by atoms with Gasteiger partial charge in [0.15, 0.2) is 0 Å². The van der Waals surface area contributed by atoms with Gasteiger partial charge in [0.2, 0.25) is 0 Å². The van der Waals surface area contributed by atoms with Crippen molar-refractivity contribution in [3.8, 4) is 0 Å². The average molecular weight is 595 g/mol. The first-order valence-corrected chi connectivity index (χ1v) is 15.6. The molecule has 2 aromatic carbocycles. The zero-order valence-electron chi connectivity index (χ0n) is 26.1. The number of nitrogens with zero attached hydrogens (tertiary/aromatic N) is 3. The SMILES string of the molecule is Cc1[nH]c(C=C2C(=O)Nc3ccc(C(=O)N[C@@H](C)c4ccccc4)cc32)c(C)c1C(=O)N1CCN(C2CCN(C)CC2)CC1. The maximum atomic E-state index is 13.7. The van der Waals surface area contributed by atoms with Crippen LogP contribution in [0.3, 0.4) is 0 Å². The van der Waals surface area contributed by atoms with Gasteiger partial charge in [-0.15, -0.1) is 0 Å². The molecule has 3 aromatic rings. The number of piperidine rings is 1. The molecule has 3 aliphatic rings. The number of rotatable bonds is 6. The number of amides is 3. The molecule has 0 aliphatic carbocycles. The number of fused-ring (bicyclic) bond motifs is 1. The molecule has 0 radical (unpaired) electrons. The number of carbonyl (C=O) groups excluding carboxylic acids is 3. The van der Waals surface area contributed by atoms with Gasteiger partial charge in [0.25, 0.3) is 17.7 Å². The Kier molecular flexibility index (Phi) is 8.42. The molecular formula is C35H42N6O3. The van der Waals surface area contributed by atoms with E-state index in [-0.39, 0.29) is 23.8 Å². The topological polar surface area (TPSA) is 101 Å². The summed E-state index contributed by atoms with van der Waals surface area (Å²) in [5.41, 5.74) is 6.29. The summed E-state index contributed by atoms with van der Waals surface area (Å²) in [7, 11) is 2.18. The molecule has 230 valence electrons. The molecule has 9 nitrogen and oxygen atoms in total. The van der Waals surface area contributed by atoms with Crippen LogP contribution in [0, 0.1) is 13.8 Å². The molecule has 0 unspecified atom stereocenters. The maximum absolute atomic E-state index is 13.7. The van der Waals surface area contributed by atoms with Crippen LogP contribution in [-0.2, 0) is 4.79 Å². The van der Waals surface area contributed by atoms with Gasteiger partial charge in [0, 0.05) is 60.4 Å². The highest BCUT2D eigenvalue weighted by Crippen LogP contribution is 2.35. The van der Waals surface area contributed by atoms with E-state index in [1.165, 1.54) is 12.8 Å². The Bertz CT molecular complexity index is 1590. The molecule has 9 heteroatoms. The van der Waals surface area contributed by atoms with Crippen LogP contribution in [0.1, 0.15) is 74.6 Å².